The van der Waals surface area contributed by atoms with Gasteiger partial charge in [-0.1, -0.05) is 44.2 Å². The highest BCUT2D eigenvalue weighted by Crippen LogP contribution is 2.23. The molecule has 0 fully saturated rings. The summed E-state index contributed by atoms with van der Waals surface area (Å²) in [5.41, 5.74) is -0.113. The number of ether oxygens (including phenoxy) is 3. The molecule has 0 heterocycles. The van der Waals surface area contributed by atoms with Gasteiger partial charge in [-0.3, -0.25) is 0 Å². The largest absolute Gasteiger partial charge is 0.466 e. The second-order valence-corrected chi connectivity index (χ2v) is 5.68. The molecule has 0 aliphatic rings. The zero-order valence-corrected chi connectivity index (χ0v) is 15.4. The molecule has 0 aromatic carbocycles. The highest BCUT2D eigenvalue weighted by molar-refractivity contribution is 5.98. The van der Waals surface area contributed by atoms with Crippen molar-refractivity contribution in [3.63, 3.8) is 0 Å². The Labute approximate surface area is 148 Å². The Kier molecular flexibility index (Phi) is 10.6. The van der Waals surface area contributed by atoms with Gasteiger partial charge >= 0.3 is 17.9 Å². The van der Waals surface area contributed by atoms with Crippen LogP contribution in [0, 0.1) is 5.41 Å². The van der Waals surface area contributed by atoms with Crippen molar-refractivity contribution in [2.45, 2.75) is 27.2 Å². The van der Waals surface area contributed by atoms with Gasteiger partial charge in [0.15, 0.2) is 0 Å². The summed E-state index contributed by atoms with van der Waals surface area (Å²) in [5.74, 6) is -1.64. The molecule has 0 radical (unpaired) electrons. The molecule has 0 bridgehead atoms. The minimum absolute atomic E-state index is 0.108. The van der Waals surface area contributed by atoms with Gasteiger partial charge < -0.3 is 14.2 Å². The summed E-state index contributed by atoms with van der Waals surface area (Å²) >= 11 is 0. The van der Waals surface area contributed by atoms with Crippen LogP contribution in [0.5, 0.6) is 0 Å². The summed E-state index contributed by atoms with van der Waals surface area (Å²) in [7, 11) is 2.47. The molecule has 0 N–H and O–H groups in total. The molecule has 0 aromatic heterocycles. The lowest BCUT2D eigenvalue weighted by atomic mass is 9.88. The standard InChI is InChI=1S/C19H26O6/c1-6-25-16(20)11-7-8-12-19(2,3)13-9-10-15(18(22)24-5)14-17(21)23-4/h7-12,14H,6,13H2,1-5H3/b10-9-,11-7+,12-8+,15-14-. The monoisotopic (exact) mass is 350 g/mol. The maximum Gasteiger partial charge on any atom is 0.338 e. The first-order valence-corrected chi connectivity index (χ1v) is 7.83. The molecule has 138 valence electrons. The van der Waals surface area contributed by atoms with Gasteiger partial charge in [0.25, 0.3) is 0 Å². The van der Waals surface area contributed by atoms with Crippen LogP contribution >= 0.6 is 0 Å². The van der Waals surface area contributed by atoms with Crippen molar-refractivity contribution in [2.24, 2.45) is 5.41 Å². The first kappa shape index (κ1) is 22.4. The minimum Gasteiger partial charge on any atom is -0.466 e. The highest BCUT2D eigenvalue weighted by atomic mass is 16.5. The third-order valence-electron chi connectivity index (χ3n) is 3.01. The molecule has 6 heteroatoms. The first-order chi connectivity index (χ1) is 11.8. The van der Waals surface area contributed by atoms with E-state index in [9.17, 15) is 14.4 Å². The maximum atomic E-state index is 11.6. The Morgan fingerprint density at radius 3 is 2.20 bits per heavy atom. The summed E-state index contributed by atoms with van der Waals surface area (Å²) in [4.78, 5) is 34.1. The van der Waals surface area contributed by atoms with Crippen molar-refractivity contribution in [3.8, 4) is 0 Å². The quantitative estimate of drug-likeness (QED) is 0.275. The number of hydrogen-bond donors (Lipinski definition) is 0. The SMILES string of the molecule is CCOC(=O)/C=C/C=C/C(C)(C)C/C=C\C(=C\C(=O)OC)C(=O)OC. The Morgan fingerprint density at radius 2 is 1.64 bits per heavy atom. The second-order valence-electron chi connectivity index (χ2n) is 5.68. The molecule has 0 saturated heterocycles. The molecule has 0 amide bonds. The molecule has 6 nitrogen and oxygen atoms in total. The van der Waals surface area contributed by atoms with E-state index >= 15 is 0 Å². The van der Waals surface area contributed by atoms with Gasteiger partial charge in [-0.05, 0) is 18.8 Å². The van der Waals surface area contributed by atoms with E-state index in [0.717, 1.165) is 6.08 Å². The van der Waals surface area contributed by atoms with Crippen LogP contribution in [0.25, 0.3) is 0 Å². The zero-order valence-electron chi connectivity index (χ0n) is 15.4. The Bertz CT molecular complexity index is 579. The van der Waals surface area contributed by atoms with E-state index in [1.165, 1.54) is 26.4 Å². The fourth-order valence-electron chi connectivity index (χ4n) is 1.68. The third-order valence-corrected chi connectivity index (χ3v) is 3.01. The first-order valence-electron chi connectivity index (χ1n) is 7.83. The van der Waals surface area contributed by atoms with E-state index in [0.29, 0.717) is 13.0 Å². The summed E-state index contributed by atoms with van der Waals surface area (Å²) in [5, 5.41) is 0. The Morgan fingerprint density at radius 1 is 0.960 bits per heavy atom. The smallest absolute Gasteiger partial charge is 0.338 e. The van der Waals surface area contributed by atoms with Crippen molar-refractivity contribution in [1.82, 2.24) is 0 Å². The van der Waals surface area contributed by atoms with Crippen LogP contribution < -0.4 is 0 Å². The fraction of sp³-hybridized carbons (Fsp3) is 0.421. The average Bonchev–Trinajstić information content (AvgIpc) is 2.57. The average molecular weight is 350 g/mol. The molecule has 0 aliphatic heterocycles. The van der Waals surface area contributed by atoms with Crippen molar-refractivity contribution in [3.05, 3.63) is 48.1 Å². The van der Waals surface area contributed by atoms with Gasteiger partial charge in [-0.25, -0.2) is 14.4 Å². The van der Waals surface area contributed by atoms with Crippen LogP contribution in [0.1, 0.15) is 27.2 Å². The van der Waals surface area contributed by atoms with Crippen LogP contribution in [0.2, 0.25) is 0 Å². The van der Waals surface area contributed by atoms with Gasteiger partial charge in [0.05, 0.1) is 26.4 Å². The summed E-state index contributed by atoms with van der Waals surface area (Å²) in [6.07, 6.45) is 11.6. The number of rotatable bonds is 9. The molecule has 0 rings (SSSR count). The maximum absolute atomic E-state index is 11.6. The summed E-state index contributed by atoms with van der Waals surface area (Å²) in [6, 6.07) is 0. The summed E-state index contributed by atoms with van der Waals surface area (Å²) < 4.78 is 13.9. The lowest BCUT2D eigenvalue weighted by molar-refractivity contribution is -0.138. The number of methoxy groups -OCH3 is 2. The van der Waals surface area contributed by atoms with E-state index < -0.39 is 11.9 Å². The Balaban J connectivity index is 4.84. The molecule has 0 aromatic rings. The van der Waals surface area contributed by atoms with Gasteiger partial charge in [-0.15, -0.1) is 0 Å². The number of hydrogen-bond acceptors (Lipinski definition) is 6. The number of carbonyl (C=O) groups excluding carboxylic acids is 3. The molecule has 25 heavy (non-hydrogen) atoms. The van der Waals surface area contributed by atoms with Crippen LogP contribution in [0.15, 0.2) is 48.1 Å². The van der Waals surface area contributed by atoms with Crippen LogP contribution in [-0.4, -0.2) is 38.7 Å². The van der Waals surface area contributed by atoms with Crippen molar-refractivity contribution >= 4 is 17.9 Å². The zero-order chi connectivity index (χ0) is 19.3. The molecule has 0 spiro atoms. The molecular weight excluding hydrogens is 324 g/mol. The van der Waals surface area contributed by atoms with Crippen molar-refractivity contribution in [2.75, 3.05) is 20.8 Å². The topological polar surface area (TPSA) is 78.9 Å². The van der Waals surface area contributed by atoms with Crippen LogP contribution in [0.3, 0.4) is 0 Å². The van der Waals surface area contributed by atoms with E-state index in [4.69, 9.17) is 4.74 Å². The summed E-state index contributed by atoms with van der Waals surface area (Å²) in [6.45, 7) is 6.07. The van der Waals surface area contributed by atoms with E-state index in [2.05, 4.69) is 9.47 Å². The van der Waals surface area contributed by atoms with Crippen LogP contribution in [-0.2, 0) is 28.6 Å². The van der Waals surface area contributed by atoms with E-state index in [1.807, 2.05) is 19.9 Å². The minimum atomic E-state index is -0.631. The van der Waals surface area contributed by atoms with Gasteiger partial charge in [0.2, 0.25) is 0 Å². The van der Waals surface area contributed by atoms with E-state index in [1.54, 1.807) is 25.2 Å². The fourth-order valence-corrected chi connectivity index (χ4v) is 1.68. The molecule has 0 aliphatic carbocycles. The Hall–Kier alpha value is -2.63. The van der Waals surface area contributed by atoms with Crippen molar-refractivity contribution in [1.29, 1.82) is 0 Å². The highest BCUT2D eigenvalue weighted by Gasteiger charge is 2.13. The van der Waals surface area contributed by atoms with Crippen LogP contribution in [0.4, 0.5) is 0 Å². The molecule has 0 saturated carbocycles. The predicted octanol–water partition coefficient (Wildman–Crippen LogP) is 2.91. The molecule has 0 atom stereocenters. The number of esters is 3. The molecule has 0 unspecified atom stereocenters. The predicted molar refractivity (Wildman–Crippen MR) is 94.6 cm³/mol. The van der Waals surface area contributed by atoms with Crippen molar-refractivity contribution < 1.29 is 28.6 Å². The van der Waals surface area contributed by atoms with E-state index in [-0.39, 0.29) is 17.0 Å². The van der Waals surface area contributed by atoms with Gasteiger partial charge in [0.1, 0.15) is 0 Å². The van der Waals surface area contributed by atoms with Gasteiger partial charge in [-0.2, -0.15) is 0 Å². The number of carbonyl (C=O) groups is 3. The molecular formula is C19H26O6. The lowest BCUT2D eigenvalue weighted by Gasteiger charge is -2.17. The lowest BCUT2D eigenvalue weighted by Crippen LogP contribution is -2.08. The van der Waals surface area contributed by atoms with Gasteiger partial charge in [0, 0.05) is 12.2 Å². The third kappa shape index (κ3) is 10.7. The second kappa shape index (κ2) is 11.8. The number of allylic oxidation sites excluding steroid dienone is 4. The normalized spacial score (nSPS) is 12.8.